The van der Waals surface area contributed by atoms with Crippen LogP contribution >= 0.6 is 11.8 Å². The van der Waals surface area contributed by atoms with E-state index in [4.69, 9.17) is 4.74 Å². The third-order valence-corrected chi connectivity index (χ3v) is 5.63. The van der Waals surface area contributed by atoms with E-state index in [1.807, 2.05) is 6.07 Å². The number of carbonyl (C=O) groups is 3. The molecule has 2 amide bonds. The molecule has 0 unspecified atom stereocenters. The molecule has 0 aliphatic rings. The van der Waals surface area contributed by atoms with E-state index in [1.54, 1.807) is 61.5 Å². The number of halogens is 1. The van der Waals surface area contributed by atoms with E-state index in [1.165, 1.54) is 48.2 Å². The van der Waals surface area contributed by atoms with E-state index in [0.29, 0.717) is 29.2 Å². The Morgan fingerprint density at radius 3 is 2.44 bits per heavy atom. The van der Waals surface area contributed by atoms with Gasteiger partial charge in [0.1, 0.15) is 11.5 Å². The van der Waals surface area contributed by atoms with Crippen LogP contribution in [0.1, 0.15) is 22.8 Å². The number of benzene rings is 3. The van der Waals surface area contributed by atoms with Crippen LogP contribution in [0.4, 0.5) is 10.1 Å². The molecule has 0 spiro atoms. The van der Waals surface area contributed by atoms with E-state index in [2.05, 4.69) is 10.6 Å². The molecule has 0 radical (unpaired) electrons. The van der Waals surface area contributed by atoms with Crippen molar-refractivity contribution in [2.75, 3.05) is 17.7 Å². The Morgan fingerprint density at radius 1 is 0.972 bits per heavy atom. The highest BCUT2D eigenvalue weighted by Gasteiger charge is 2.15. The summed E-state index contributed by atoms with van der Waals surface area (Å²) in [6, 6.07) is 21.3. The number of ether oxygens (including phenoxy) is 1. The number of rotatable bonds is 10. The number of hydrogen-bond donors (Lipinski definition) is 2. The van der Waals surface area contributed by atoms with Crippen molar-refractivity contribution in [3.8, 4) is 0 Å². The van der Waals surface area contributed by atoms with Crippen LogP contribution in [0.15, 0.2) is 102 Å². The Kier molecular flexibility index (Phi) is 10.0. The van der Waals surface area contributed by atoms with Crippen molar-refractivity contribution < 1.29 is 23.5 Å². The number of nitrogens with one attached hydrogen (secondary N) is 2. The van der Waals surface area contributed by atoms with Crippen molar-refractivity contribution in [3.63, 3.8) is 0 Å². The Balaban J connectivity index is 1.73. The average molecular weight is 505 g/mol. The van der Waals surface area contributed by atoms with Gasteiger partial charge < -0.3 is 15.4 Å². The Bertz CT molecular complexity index is 1260. The first-order chi connectivity index (χ1) is 17.4. The van der Waals surface area contributed by atoms with E-state index >= 15 is 0 Å². The van der Waals surface area contributed by atoms with Crippen molar-refractivity contribution in [2.45, 2.75) is 11.8 Å². The third kappa shape index (κ3) is 8.56. The molecule has 36 heavy (non-hydrogen) atoms. The molecule has 0 atom stereocenters. The number of anilines is 1. The highest BCUT2D eigenvalue weighted by molar-refractivity contribution is 7.99. The van der Waals surface area contributed by atoms with E-state index in [-0.39, 0.29) is 5.70 Å². The highest BCUT2D eigenvalue weighted by atomic mass is 32.2. The second kappa shape index (κ2) is 13.7. The second-order valence-corrected chi connectivity index (χ2v) is 8.47. The monoisotopic (exact) mass is 504 g/mol. The third-order valence-electron chi connectivity index (χ3n) is 4.69. The first-order valence-corrected chi connectivity index (χ1v) is 12.1. The van der Waals surface area contributed by atoms with Gasteiger partial charge in [0, 0.05) is 28.0 Å². The topological polar surface area (TPSA) is 84.5 Å². The smallest absolute Gasteiger partial charge is 0.330 e. The number of amides is 2. The van der Waals surface area contributed by atoms with E-state index in [0.717, 1.165) is 4.90 Å². The van der Waals surface area contributed by atoms with Crippen LogP contribution in [0.5, 0.6) is 0 Å². The van der Waals surface area contributed by atoms with Crippen LogP contribution in [0, 0.1) is 5.82 Å². The number of hydrogen-bond acceptors (Lipinski definition) is 5. The molecule has 0 heterocycles. The summed E-state index contributed by atoms with van der Waals surface area (Å²) in [7, 11) is 0. The fourth-order valence-corrected chi connectivity index (χ4v) is 3.78. The molecule has 0 aliphatic carbocycles. The summed E-state index contributed by atoms with van der Waals surface area (Å²) >= 11 is 1.48. The molecule has 0 fully saturated rings. The summed E-state index contributed by atoms with van der Waals surface area (Å²) in [4.78, 5) is 38.1. The average Bonchev–Trinajstić information content (AvgIpc) is 2.88. The molecule has 2 N–H and O–H groups in total. The minimum Gasteiger partial charge on any atom is -0.463 e. The summed E-state index contributed by atoms with van der Waals surface area (Å²) in [5.41, 5.74) is 1.47. The van der Waals surface area contributed by atoms with Crippen LogP contribution in [-0.4, -0.2) is 30.1 Å². The summed E-state index contributed by atoms with van der Waals surface area (Å²) in [6.07, 6.45) is 4.56. The molecular formula is C28H25FN2O4S. The standard InChI is InChI=1S/C28H25FN2O4S/c1-2-35-26(32)12-7-17-36-24-11-6-10-23(19-24)30-28(34)25(18-20-13-15-22(29)16-14-20)31-27(33)21-8-4-3-5-9-21/h3-16,18-19H,2,17H2,1H3,(H,30,34)(H,31,33)/b12-7+,25-18-. The van der Waals surface area contributed by atoms with Gasteiger partial charge in [0.2, 0.25) is 0 Å². The van der Waals surface area contributed by atoms with Crippen LogP contribution < -0.4 is 10.6 Å². The van der Waals surface area contributed by atoms with Gasteiger partial charge in [-0.3, -0.25) is 9.59 Å². The lowest BCUT2D eigenvalue weighted by Gasteiger charge is -2.12. The van der Waals surface area contributed by atoms with Crippen LogP contribution in [0.25, 0.3) is 6.08 Å². The van der Waals surface area contributed by atoms with Gasteiger partial charge in [-0.1, -0.05) is 42.5 Å². The molecule has 6 nitrogen and oxygen atoms in total. The molecule has 3 aromatic carbocycles. The van der Waals surface area contributed by atoms with Gasteiger partial charge in [-0.25, -0.2) is 9.18 Å². The van der Waals surface area contributed by atoms with Crippen molar-refractivity contribution in [1.82, 2.24) is 5.32 Å². The normalized spacial score (nSPS) is 11.2. The number of carbonyl (C=O) groups excluding carboxylic acids is 3. The molecule has 0 saturated heterocycles. The zero-order valence-corrected chi connectivity index (χ0v) is 20.4. The first kappa shape index (κ1) is 26.4. The maximum absolute atomic E-state index is 13.3. The maximum atomic E-state index is 13.3. The zero-order valence-electron chi connectivity index (χ0n) is 19.6. The van der Waals surface area contributed by atoms with Gasteiger partial charge in [-0.2, -0.15) is 0 Å². The zero-order chi connectivity index (χ0) is 25.8. The van der Waals surface area contributed by atoms with E-state index < -0.39 is 23.6 Å². The van der Waals surface area contributed by atoms with Crippen LogP contribution in [-0.2, 0) is 14.3 Å². The van der Waals surface area contributed by atoms with Gasteiger partial charge in [-0.05, 0) is 61.0 Å². The second-order valence-electron chi connectivity index (χ2n) is 7.38. The summed E-state index contributed by atoms with van der Waals surface area (Å²) in [6.45, 7) is 2.06. The Labute approximate surface area is 213 Å². The highest BCUT2D eigenvalue weighted by Crippen LogP contribution is 2.22. The first-order valence-electron chi connectivity index (χ1n) is 11.2. The minimum absolute atomic E-state index is 0.00545. The lowest BCUT2D eigenvalue weighted by molar-refractivity contribution is -0.137. The fraction of sp³-hybridized carbons (Fsp3) is 0.107. The lowest BCUT2D eigenvalue weighted by Crippen LogP contribution is -2.30. The van der Waals surface area contributed by atoms with Crippen molar-refractivity contribution in [1.29, 1.82) is 0 Å². The maximum Gasteiger partial charge on any atom is 0.330 e. The lowest BCUT2D eigenvalue weighted by atomic mass is 10.1. The summed E-state index contributed by atoms with van der Waals surface area (Å²) < 4.78 is 18.2. The van der Waals surface area contributed by atoms with Crippen molar-refractivity contribution >= 4 is 41.3 Å². The van der Waals surface area contributed by atoms with Crippen LogP contribution in [0.3, 0.4) is 0 Å². The van der Waals surface area contributed by atoms with Crippen molar-refractivity contribution in [2.24, 2.45) is 0 Å². The number of esters is 1. The summed E-state index contributed by atoms with van der Waals surface area (Å²) in [5.74, 6) is -1.24. The molecule has 3 rings (SSSR count). The fourth-order valence-electron chi connectivity index (χ4n) is 3.01. The Morgan fingerprint density at radius 2 is 1.72 bits per heavy atom. The predicted octanol–water partition coefficient (Wildman–Crippen LogP) is 5.45. The predicted molar refractivity (Wildman–Crippen MR) is 140 cm³/mol. The van der Waals surface area contributed by atoms with Gasteiger partial charge in [0.15, 0.2) is 0 Å². The SMILES string of the molecule is CCOC(=O)/C=C/CSc1cccc(NC(=O)/C(=C/c2ccc(F)cc2)NC(=O)c2ccccc2)c1. The molecule has 0 saturated carbocycles. The molecule has 0 aliphatic heterocycles. The van der Waals surface area contributed by atoms with Gasteiger partial charge in [-0.15, -0.1) is 11.8 Å². The molecule has 8 heteroatoms. The van der Waals surface area contributed by atoms with Crippen LogP contribution in [0.2, 0.25) is 0 Å². The molecule has 184 valence electrons. The number of thioether (sulfide) groups is 1. The largest absolute Gasteiger partial charge is 0.463 e. The molecular weight excluding hydrogens is 479 g/mol. The van der Waals surface area contributed by atoms with E-state index in [9.17, 15) is 18.8 Å². The quantitative estimate of drug-likeness (QED) is 0.218. The van der Waals surface area contributed by atoms with Gasteiger partial charge >= 0.3 is 5.97 Å². The molecule has 3 aromatic rings. The van der Waals surface area contributed by atoms with Crippen molar-refractivity contribution in [3.05, 3.63) is 114 Å². The minimum atomic E-state index is -0.534. The summed E-state index contributed by atoms with van der Waals surface area (Å²) in [5, 5.41) is 5.45. The van der Waals surface area contributed by atoms with Gasteiger partial charge in [0.05, 0.1) is 6.61 Å². The molecule has 0 aromatic heterocycles. The van der Waals surface area contributed by atoms with Gasteiger partial charge in [0.25, 0.3) is 11.8 Å². The molecule has 0 bridgehead atoms. The Hall–Kier alpha value is -4.17.